The van der Waals surface area contributed by atoms with Crippen LogP contribution in [-0.2, 0) is 0 Å². The molecule has 1 amide bonds. The Hall–Kier alpha value is -2.47. The van der Waals surface area contributed by atoms with E-state index in [4.69, 9.17) is 0 Å². The number of carbonyl (C=O) groups excluding carboxylic acids is 1. The van der Waals surface area contributed by atoms with E-state index in [0.717, 1.165) is 4.47 Å². The van der Waals surface area contributed by atoms with E-state index in [1.54, 1.807) is 30.5 Å². The van der Waals surface area contributed by atoms with Crippen LogP contribution >= 0.6 is 15.9 Å². The molecule has 110 valence electrons. The van der Waals surface area contributed by atoms with Gasteiger partial charge >= 0.3 is 0 Å². The van der Waals surface area contributed by atoms with Crippen molar-refractivity contribution in [2.24, 2.45) is 0 Å². The number of benzene rings is 2. The van der Waals surface area contributed by atoms with E-state index in [1.165, 1.54) is 23.0 Å². The maximum Gasteiger partial charge on any atom is 0.258 e. The van der Waals surface area contributed by atoms with Crippen molar-refractivity contribution in [1.82, 2.24) is 9.78 Å². The van der Waals surface area contributed by atoms with Crippen LogP contribution in [0.1, 0.15) is 10.4 Å². The Kier molecular flexibility index (Phi) is 4.02. The molecule has 1 heterocycles. The highest BCUT2D eigenvalue weighted by atomic mass is 79.9. The molecule has 0 saturated heterocycles. The molecule has 2 aromatic carbocycles. The van der Waals surface area contributed by atoms with Crippen molar-refractivity contribution in [3.63, 3.8) is 0 Å². The molecule has 6 heteroatoms. The molecular formula is C16H11BrFN3O. The number of nitrogens with zero attached hydrogens (tertiary/aromatic N) is 2. The molecule has 0 aliphatic heterocycles. The minimum absolute atomic E-state index is 0.254. The van der Waals surface area contributed by atoms with Crippen LogP contribution in [0.15, 0.2) is 65.4 Å². The molecule has 3 aromatic rings. The van der Waals surface area contributed by atoms with Crippen molar-refractivity contribution in [1.29, 1.82) is 0 Å². The summed E-state index contributed by atoms with van der Waals surface area (Å²) < 4.78 is 15.4. The van der Waals surface area contributed by atoms with Gasteiger partial charge in [-0.15, -0.1) is 0 Å². The third-order valence-corrected chi connectivity index (χ3v) is 3.57. The van der Waals surface area contributed by atoms with Gasteiger partial charge in [0, 0.05) is 16.4 Å². The normalized spacial score (nSPS) is 10.5. The van der Waals surface area contributed by atoms with Crippen LogP contribution in [0.2, 0.25) is 0 Å². The van der Waals surface area contributed by atoms with Gasteiger partial charge in [0.25, 0.3) is 5.91 Å². The zero-order valence-corrected chi connectivity index (χ0v) is 12.9. The fraction of sp³-hybridized carbons (Fsp3) is 0. The first-order valence-electron chi connectivity index (χ1n) is 6.49. The van der Waals surface area contributed by atoms with E-state index in [1.807, 2.05) is 12.1 Å². The van der Waals surface area contributed by atoms with Crippen molar-refractivity contribution in [2.75, 3.05) is 5.32 Å². The molecule has 1 N–H and O–H groups in total. The third kappa shape index (κ3) is 3.23. The second-order valence-electron chi connectivity index (χ2n) is 4.61. The lowest BCUT2D eigenvalue weighted by atomic mass is 10.3. The van der Waals surface area contributed by atoms with Crippen molar-refractivity contribution in [3.05, 3.63) is 76.8 Å². The number of carbonyl (C=O) groups is 1. The molecule has 22 heavy (non-hydrogen) atoms. The van der Waals surface area contributed by atoms with Gasteiger partial charge in [-0.2, -0.15) is 5.10 Å². The lowest BCUT2D eigenvalue weighted by molar-refractivity contribution is 0.102. The molecule has 0 aliphatic rings. The van der Waals surface area contributed by atoms with Gasteiger partial charge in [0.15, 0.2) is 0 Å². The summed E-state index contributed by atoms with van der Waals surface area (Å²) in [6.07, 6.45) is 3.07. The molecule has 3 rings (SSSR count). The monoisotopic (exact) mass is 359 g/mol. The Morgan fingerprint density at radius 3 is 2.45 bits per heavy atom. The highest BCUT2D eigenvalue weighted by Crippen LogP contribution is 2.15. The van der Waals surface area contributed by atoms with Crippen LogP contribution in [0.4, 0.5) is 10.1 Å². The quantitative estimate of drug-likeness (QED) is 0.767. The first-order valence-corrected chi connectivity index (χ1v) is 7.29. The van der Waals surface area contributed by atoms with Crippen molar-refractivity contribution < 1.29 is 9.18 Å². The standard InChI is InChI=1S/C16H11BrFN3O/c17-12-1-5-14(6-2-12)20-16(22)11-9-19-21(10-11)15-7-3-13(18)4-8-15/h1-10H,(H,20,22). The van der Waals surface area contributed by atoms with E-state index < -0.39 is 0 Å². The smallest absolute Gasteiger partial charge is 0.258 e. The van der Waals surface area contributed by atoms with Crippen molar-refractivity contribution in [3.8, 4) is 5.69 Å². The second-order valence-corrected chi connectivity index (χ2v) is 5.53. The van der Waals surface area contributed by atoms with E-state index in [2.05, 4.69) is 26.3 Å². The first-order chi connectivity index (χ1) is 10.6. The van der Waals surface area contributed by atoms with Crippen molar-refractivity contribution in [2.45, 2.75) is 0 Å². The Morgan fingerprint density at radius 2 is 1.77 bits per heavy atom. The number of hydrogen-bond acceptors (Lipinski definition) is 2. The lowest BCUT2D eigenvalue weighted by Crippen LogP contribution is -2.10. The Labute approximate surface area is 134 Å². The molecule has 0 spiro atoms. The predicted molar refractivity (Wildman–Crippen MR) is 85.6 cm³/mol. The summed E-state index contributed by atoms with van der Waals surface area (Å²) in [6, 6.07) is 13.2. The maximum absolute atomic E-state index is 12.9. The number of hydrogen-bond donors (Lipinski definition) is 1. The molecule has 0 bridgehead atoms. The van der Waals surface area contributed by atoms with Gasteiger partial charge in [-0.25, -0.2) is 9.07 Å². The van der Waals surface area contributed by atoms with Crippen LogP contribution in [0.25, 0.3) is 5.69 Å². The van der Waals surface area contributed by atoms with Gasteiger partial charge in [-0.05, 0) is 48.5 Å². The minimum atomic E-state index is -0.316. The number of anilines is 1. The third-order valence-electron chi connectivity index (χ3n) is 3.04. The van der Waals surface area contributed by atoms with Crippen LogP contribution in [0.5, 0.6) is 0 Å². The molecule has 4 nitrogen and oxygen atoms in total. The Morgan fingerprint density at radius 1 is 1.09 bits per heavy atom. The van der Waals surface area contributed by atoms with Gasteiger partial charge in [0.2, 0.25) is 0 Å². The molecular weight excluding hydrogens is 349 g/mol. The molecule has 0 fully saturated rings. The average molecular weight is 360 g/mol. The molecule has 0 aliphatic carbocycles. The fourth-order valence-electron chi connectivity index (χ4n) is 1.91. The van der Waals surface area contributed by atoms with Gasteiger partial charge in [-0.1, -0.05) is 15.9 Å². The van der Waals surface area contributed by atoms with E-state index >= 15 is 0 Å². The fourth-order valence-corrected chi connectivity index (χ4v) is 2.18. The van der Waals surface area contributed by atoms with Crippen LogP contribution in [-0.4, -0.2) is 15.7 Å². The second kappa shape index (κ2) is 6.11. The summed E-state index contributed by atoms with van der Waals surface area (Å²) >= 11 is 3.34. The molecule has 0 unspecified atom stereocenters. The highest BCUT2D eigenvalue weighted by Gasteiger charge is 2.10. The Balaban J connectivity index is 1.76. The molecule has 0 atom stereocenters. The summed E-state index contributed by atoms with van der Waals surface area (Å²) in [4.78, 5) is 12.2. The van der Waals surface area contributed by atoms with Gasteiger partial charge in [0.1, 0.15) is 5.82 Å². The maximum atomic E-state index is 12.9. The SMILES string of the molecule is O=C(Nc1ccc(Br)cc1)c1cnn(-c2ccc(F)cc2)c1. The molecule has 0 radical (unpaired) electrons. The summed E-state index contributed by atoms with van der Waals surface area (Å²) in [5, 5.41) is 6.91. The van der Waals surface area contributed by atoms with Gasteiger partial charge in [0.05, 0.1) is 17.4 Å². The molecule has 1 aromatic heterocycles. The lowest BCUT2D eigenvalue weighted by Gasteiger charge is -2.03. The molecule has 0 saturated carbocycles. The van der Waals surface area contributed by atoms with E-state index in [9.17, 15) is 9.18 Å². The number of halogens is 2. The summed E-state index contributed by atoms with van der Waals surface area (Å²) in [6.45, 7) is 0. The zero-order chi connectivity index (χ0) is 15.5. The minimum Gasteiger partial charge on any atom is -0.322 e. The number of rotatable bonds is 3. The highest BCUT2D eigenvalue weighted by molar-refractivity contribution is 9.10. The Bertz CT molecular complexity index is 797. The van der Waals surface area contributed by atoms with Crippen molar-refractivity contribution >= 4 is 27.5 Å². The largest absolute Gasteiger partial charge is 0.322 e. The van der Waals surface area contributed by atoms with Crippen LogP contribution in [0, 0.1) is 5.82 Å². The first kappa shape index (κ1) is 14.5. The van der Waals surface area contributed by atoms with E-state index in [0.29, 0.717) is 16.9 Å². The summed E-state index contributed by atoms with van der Waals surface area (Å²) in [5.74, 6) is -0.570. The van der Waals surface area contributed by atoms with Crippen LogP contribution < -0.4 is 5.32 Å². The number of aromatic nitrogens is 2. The van der Waals surface area contributed by atoms with Gasteiger partial charge < -0.3 is 5.32 Å². The van der Waals surface area contributed by atoms with Crippen LogP contribution in [0.3, 0.4) is 0 Å². The topological polar surface area (TPSA) is 46.9 Å². The number of amides is 1. The number of nitrogens with one attached hydrogen (secondary N) is 1. The zero-order valence-electron chi connectivity index (χ0n) is 11.3. The predicted octanol–water partition coefficient (Wildman–Crippen LogP) is 4.03. The average Bonchev–Trinajstić information content (AvgIpc) is 3.00. The summed E-state index contributed by atoms with van der Waals surface area (Å²) in [5.41, 5.74) is 1.80. The van der Waals surface area contributed by atoms with E-state index in [-0.39, 0.29) is 11.7 Å². The van der Waals surface area contributed by atoms with Gasteiger partial charge in [-0.3, -0.25) is 4.79 Å². The summed E-state index contributed by atoms with van der Waals surface area (Å²) in [7, 11) is 0.